The second kappa shape index (κ2) is 5.60. The van der Waals surface area contributed by atoms with Crippen LogP contribution < -0.4 is 0 Å². The first-order valence-electron chi connectivity index (χ1n) is 5.18. The summed E-state index contributed by atoms with van der Waals surface area (Å²) in [5, 5.41) is 9.03. The summed E-state index contributed by atoms with van der Waals surface area (Å²) in [5.74, 6) is -0.792. The van der Waals surface area contributed by atoms with Crippen LogP contribution in [-0.4, -0.2) is 55.9 Å². The van der Waals surface area contributed by atoms with Gasteiger partial charge >= 0.3 is 5.97 Å². The van der Waals surface area contributed by atoms with E-state index in [9.17, 15) is 13.2 Å². The van der Waals surface area contributed by atoms with Crippen LogP contribution in [0.15, 0.2) is 0 Å². The van der Waals surface area contributed by atoms with Crippen LogP contribution in [0.25, 0.3) is 0 Å². The Bertz CT molecular complexity index is 340. The number of carbonyl (C=O) groups excluding carboxylic acids is 1. The van der Waals surface area contributed by atoms with Crippen molar-refractivity contribution in [1.82, 2.24) is 4.31 Å². The molecule has 0 saturated carbocycles. The van der Waals surface area contributed by atoms with Crippen molar-refractivity contribution in [2.45, 2.75) is 25.3 Å². The van der Waals surface area contributed by atoms with Crippen molar-refractivity contribution in [3.8, 4) is 0 Å². The fourth-order valence-electron chi connectivity index (χ4n) is 1.79. The Morgan fingerprint density at radius 1 is 1.56 bits per heavy atom. The molecule has 1 aliphatic heterocycles. The predicted octanol–water partition coefficient (Wildman–Crippen LogP) is -0.664. The van der Waals surface area contributed by atoms with Gasteiger partial charge in [0.1, 0.15) is 0 Å². The van der Waals surface area contributed by atoms with Crippen LogP contribution in [0.1, 0.15) is 19.3 Å². The molecule has 0 radical (unpaired) electrons. The number of aliphatic hydroxyl groups is 1. The zero-order valence-electron chi connectivity index (χ0n) is 9.26. The van der Waals surface area contributed by atoms with E-state index in [1.54, 1.807) is 0 Å². The largest absolute Gasteiger partial charge is 0.469 e. The molecule has 1 heterocycles. The summed E-state index contributed by atoms with van der Waals surface area (Å²) < 4.78 is 29.3. The van der Waals surface area contributed by atoms with E-state index in [0.717, 1.165) is 6.42 Å². The maximum absolute atomic E-state index is 11.8. The van der Waals surface area contributed by atoms with Crippen molar-refractivity contribution in [2.24, 2.45) is 0 Å². The molecule has 6 nitrogen and oxygen atoms in total. The highest BCUT2D eigenvalue weighted by molar-refractivity contribution is 7.89. The van der Waals surface area contributed by atoms with E-state index in [4.69, 9.17) is 5.11 Å². The SMILES string of the molecule is COC(=O)CCS(=O)(=O)N1CCCC1CO. The van der Waals surface area contributed by atoms with Gasteiger partial charge in [0.25, 0.3) is 0 Å². The van der Waals surface area contributed by atoms with E-state index in [2.05, 4.69) is 4.74 Å². The van der Waals surface area contributed by atoms with Crippen LogP contribution in [0.2, 0.25) is 0 Å². The first-order valence-corrected chi connectivity index (χ1v) is 6.79. The number of nitrogens with zero attached hydrogens (tertiary/aromatic N) is 1. The van der Waals surface area contributed by atoms with E-state index in [-0.39, 0.29) is 24.8 Å². The number of carbonyl (C=O) groups is 1. The minimum absolute atomic E-state index is 0.145. The number of methoxy groups -OCH3 is 1. The number of rotatable bonds is 5. The Kier molecular flexibility index (Phi) is 4.69. The highest BCUT2D eigenvalue weighted by atomic mass is 32.2. The summed E-state index contributed by atoms with van der Waals surface area (Å²) in [7, 11) is -2.23. The van der Waals surface area contributed by atoms with Crippen LogP contribution in [0.5, 0.6) is 0 Å². The Morgan fingerprint density at radius 2 is 2.25 bits per heavy atom. The lowest BCUT2D eigenvalue weighted by Crippen LogP contribution is -2.39. The molecule has 16 heavy (non-hydrogen) atoms. The topological polar surface area (TPSA) is 83.9 Å². The Hall–Kier alpha value is -0.660. The highest BCUT2D eigenvalue weighted by Crippen LogP contribution is 2.21. The van der Waals surface area contributed by atoms with E-state index in [1.807, 2.05) is 0 Å². The van der Waals surface area contributed by atoms with Crippen LogP contribution in [-0.2, 0) is 19.6 Å². The predicted molar refractivity (Wildman–Crippen MR) is 57.2 cm³/mol. The molecule has 1 N–H and O–H groups in total. The summed E-state index contributed by atoms with van der Waals surface area (Å²) in [6.45, 7) is 0.256. The lowest BCUT2D eigenvalue weighted by Gasteiger charge is -2.21. The van der Waals surface area contributed by atoms with E-state index in [1.165, 1.54) is 11.4 Å². The summed E-state index contributed by atoms with van der Waals surface area (Å²) >= 11 is 0. The summed E-state index contributed by atoms with van der Waals surface area (Å²) in [5.41, 5.74) is 0. The number of ether oxygens (including phenoxy) is 1. The normalized spacial score (nSPS) is 22.2. The van der Waals surface area contributed by atoms with E-state index < -0.39 is 16.0 Å². The van der Waals surface area contributed by atoms with Crippen LogP contribution in [0.3, 0.4) is 0 Å². The molecule has 1 aliphatic rings. The van der Waals surface area contributed by atoms with Gasteiger partial charge < -0.3 is 9.84 Å². The second-order valence-electron chi connectivity index (χ2n) is 3.73. The van der Waals surface area contributed by atoms with Gasteiger partial charge in [-0.3, -0.25) is 4.79 Å². The van der Waals surface area contributed by atoms with Crippen molar-refractivity contribution in [3.63, 3.8) is 0 Å². The minimum Gasteiger partial charge on any atom is -0.469 e. The fourth-order valence-corrected chi connectivity index (χ4v) is 3.48. The van der Waals surface area contributed by atoms with Crippen molar-refractivity contribution < 1.29 is 23.1 Å². The Balaban J connectivity index is 2.59. The molecule has 1 unspecified atom stereocenters. The standard InChI is InChI=1S/C9H17NO5S/c1-15-9(12)4-6-16(13,14)10-5-2-3-8(10)7-11/h8,11H,2-7H2,1H3. The van der Waals surface area contributed by atoms with Crippen LogP contribution >= 0.6 is 0 Å². The molecule has 0 aromatic heterocycles. The lowest BCUT2D eigenvalue weighted by molar-refractivity contribution is -0.140. The smallest absolute Gasteiger partial charge is 0.306 e. The number of aliphatic hydroxyl groups excluding tert-OH is 1. The first kappa shape index (κ1) is 13.4. The second-order valence-corrected chi connectivity index (χ2v) is 5.77. The summed E-state index contributed by atoms with van der Waals surface area (Å²) in [6, 6.07) is -0.331. The number of hydrogen-bond donors (Lipinski definition) is 1. The average Bonchev–Trinajstić information content (AvgIpc) is 2.74. The average molecular weight is 251 g/mol. The fraction of sp³-hybridized carbons (Fsp3) is 0.889. The maximum Gasteiger partial charge on any atom is 0.306 e. The molecule has 0 bridgehead atoms. The number of hydrogen-bond acceptors (Lipinski definition) is 5. The molecule has 7 heteroatoms. The van der Waals surface area contributed by atoms with Crippen molar-refractivity contribution in [2.75, 3.05) is 26.0 Å². The molecule has 1 atom stereocenters. The van der Waals surface area contributed by atoms with Crippen molar-refractivity contribution >= 4 is 16.0 Å². The van der Waals surface area contributed by atoms with Crippen molar-refractivity contribution in [3.05, 3.63) is 0 Å². The molecular formula is C9H17NO5S. The van der Waals surface area contributed by atoms with Gasteiger partial charge in [0.05, 0.1) is 25.9 Å². The maximum atomic E-state index is 11.8. The quantitative estimate of drug-likeness (QED) is 0.655. The molecule has 1 fully saturated rings. The molecule has 0 aliphatic carbocycles. The lowest BCUT2D eigenvalue weighted by atomic mass is 10.2. The minimum atomic E-state index is -3.45. The third-order valence-corrected chi connectivity index (χ3v) is 4.60. The molecule has 0 aromatic carbocycles. The molecule has 0 aromatic rings. The van der Waals surface area contributed by atoms with E-state index >= 15 is 0 Å². The highest BCUT2D eigenvalue weighted by Gasteiger charge is 2.33. The zero-order chi connectivity index (χ0) is 12.2. The molecule has 1 rings (SSSR count). The monoisotopic (exact) mass is 251 g/mol. The van der Waals surface area contributed by atoms with E-state index in [0.29, 0.717) is 13.0 Å². The van der Waals surface area contributed by atoms with Gasteiger partial charge in [-0.1, -0.05) is 0 Å². The summed E-state index contributed by atoms with van der Waals surface area (Å²) in [6.07, 6.45) is 1.28. The molecule has 1 saturated heterocycles. The van der Waals surface area contributed by atoms with Crippen molar-refractivity contribution in [1.29, 1.82) is 0 Å². The third kappa shape index (κ3) is 3.16. The van der Waals surface area contributed by atoms with Crippen LogP contribution in [0.4, 0.5) is 0 Å². The van der Waals surface area contributed by atoms with Gasteiger partial charge in [-0.2, -0.15) is 4.31 Å². The number of esters is 1. The molecule has 0 amide bonds. The van der Waals surface area contributed by atoms with Gasteiger partial charge in [-0.15, -0.1) is 0 Å². The van der Waals surface area contributed by atoms with Gasteiger partial charge in [0.15, 0.2) is 0 Å². The van der Waals surface area contributed by atoms with Gasteiger partial charge in [0.2, 0.25) is 10.0 Å². The van der Waals surface area contributed by atoms with Gasteiger partial charge in [-0.05, 0) is 12.8 Å². The Labute approximate surface area is 95.2 Å². The number of sulfonamides is 1. The third-order valence-electron chi connectivity index (χ3n) is 2.68. The molecule has 0 spiro atoms. The first-order chi connectivity index (χ1) is 7.51. The summed E-state index contributed by atoms with van der Waals surface area (Å²) in [4.78, 5) is 10.9. The molecule has 94 valence electrons. The zero-order valence-corrected chi connectivity index (χ0v) is 10.1. The molecular weight excluding hydrogens is 234 g/mol. The Morgan fingerprint density at radius 3 is 2.81 bits per heavy atom. The van der Waals surface area contributed by atoms with Crippen LogP contribution in [0, 0.1) is 0 Å². The van der Waals surface area contributed by atoms with Gasteiger partial charge in [0, 0.05) is 12.6 Å². The van der Waals surface area contributed by atoms with Gasteiger partial charge in [-0.25, -0.2) is 8.42 Å².